The highest BCUT2D eigenvalue weighted by molar-refractivity contribution is 7.21. The number of nitrogens with one attached hydrogen (secondary N) is 1. The lowest BCUT2D eigenvalue weighted by Crippen LogP contribution is -2.11. The summed E-state index contributed by atoms with van der Waals surface area (Å²) in [7, 11) is 0. The van der Waals surface area contributed by atoms with E-state index in [4.69, 9.17) is 16.0 Å². The van der Waals surface area contributed by atoms with Gasteiger partial charge in [-0.15, -0.1) is 11.3 Å². The number of hydrogen-bond donors (Lipinski definition) is 1. The molecular formula is C19H12ClNO3S. The van der Waals surface area contributed by atoms with Gasteiger partial charge >= 0.3 is 5.63 Å². The van der Waals surface area contributed by atoms with Crippen LogP contribution in [0.5, 0.6) is 0 Å². The van der Waals surface area contributed by atoms with Crippen LogP contribution in [0.2, 0.25) is 5.02 Å². The molecule has 1 N–H and O–H groups in total. The first kappa shape index (κ1) is 15.9. The molecule has 0 atom stereocenters. The van der Waals surface area contributed by atoms with Crippen LogP contribution in [-0.2, 0) is 0 Å². The van der Waals surface area contributed by atoms with Crippen molar-refractivity contribution in [2.75, 3.05) is 5.32 Å². The number of rotatable bonds is 2. The van der Waals surface area contributed by atoms with Gasteiger partial charge in [-0.1, -0.05) is 29.8 Å². The van der Waals surface area contributed by atoms with Crippen LogP contribution in [0.15, 0.2) is 57.7 Å². The third-order valence-corrected chi connectivity index (χ3v) is 5.60. The van der Waals surface area contributed by atoms with E-state index in [1.54, 1.807) is 36.4 Å². The van der Waals surface area contributed by atoms with Crippen molar-refractivity contribution in [1.82, 2.24) is 0 Å². The zero-order chi connectivity index (χ0) is 17.6. The third-order valence-electron chi connectivity index (χ3n) is 4.03. The summed E-state index contributed by atoms with van der Waals surface area (Å²) in [5.74, 6) is -0.282. The van der Waals surface area contributed by atoms with Crippen molar-refractivity contribution in [2.24, 2.45) is 0 Å². The summed E-state index contributed by atoms with van der Waals surface area (Å²) in [4.78, 5) is 25.2. The summed E-state index contributed by atoms with van der Waals surface area (Å²) in [6.45, 7) is 1.84. The largest absolute Gasteiger partial charge is 0.422 e. The summed E-state index contributed by atoms with van der Waals surface area (Å²) < 4.78 is 6.07. The van der Waals surface area contributed by atoms with Gasteiger partial charge in [0.2, 0.25) is 0 Å². The van der Waals surface area contributed by atoms with Crippen LogP contribution in [0.25, 0.3) is 21.1 Å². The number of thiophene rings is 1. The topological polar surface area (TPSA) is 59.3 Å². The molecule has 2 aromatic carbocycles. The van der Waals surface area contributed by atoms with Gasteiger partial charge in [-0.05, 0) is 42.8 Å². The van der Waals surface area contributed by atoms with Crippen LogP contribution < -0.4 is 10.9 Å². The second kappa shape index (κ2) is 6.02. The zero-order valence-corrected chi connectivity index (χ0v) is 14.7. The van der Waals surface area contributed by atoms with Crippen LogP contribution in [0.3, 0.4) is 0 Å². The first-order valence-electron chi connectivity index (χ1n) is 7.56. The van der Waals surface area contributed by atoms with Crippen molar-refractivity contribution < 1.29 is 9.21 Å². The van der Waals surface area contributed by atoms with E-state index < -0.39 is 5.63 Å². The molecule has 2 heterocycles. The fourth-order valence-corrected chi connectivity index (χ4v) is 3.93. The molecule has 2 aromatic heterocycles. The van der Waals surface area contributed by atoms with E-state index in [0.717, 1.165) is 15.6 Å². The highest BCUT2D eigenvalue weighted by Crippen LogP contribution is 2.31. The number of fused-ring (bicyclic) bond motifs is 3. The molecule has 0 saturated carbocycles. The number of para-hydroxylation sites is 1. The Morgan fingerprint density at radius 2 is 1.92 bits per heavy atom. The predicted molar refractivity (Wildman–Crippen MR) is 102 cm³/mol. The van der Waals surface area contributed by atoms with Gasteiger partial charge < -0.3 is 9.73 Å². The Bertz CT molecular complexity index is 1190. The number of anilines is 1. The lowest BCUT2D eigenvalue weighted by atomic mass is 10.2. The van der Waals surface area contributed by atoms with Gasteiger partial charge in [0.25, 0.3) is 5.91 Å². The Morgan fingerprint density at radius 1 is 1.12 bits per heavy atom. The molecule has 25 heavy (non-hydrogen) atoms. The summed E-state index contributed by atoms with van der Waals surface area (Å²) in [6, 6.07) is 14.2. The van der Waals surface area contributed by atoms with Crippen LogP contribution in [0.4, 0.5) is 5.69 Å². The molecule has 0 bridgehead atoms. The molecule has 0 aliphatic rings. The first-order chi connectivity index (χ1) is 12.0. The number of halogens is 1. The molecule has 0 aliphatic carbocycles. The van der Waals surface area contributed by atoms with E-state index in [1.165, 1.54) is 11.3 Å². The molecule has 4 rings (SSSR count). The number of carbonyl (C=O) groups excluding carboxylic acids is 1. The Morgan fingerprint density at radius 3 is 2.76 bits per heavy atom. The molecule has 0 unspecified atom stereocenters. The van der Waals surface area contributed by atoms with Gasteiger partial charge in [-0.2, -0.15) is 0 Å². The lowest BCUT2D eigenvalue weighted by molar-refractivity contribution is 0.103. The highest BCUT2D eigenvalue weighted by Gasteiger charge is 2.16. The van der Waals surface area contributed by atoms with Crippen molar-refractivity contribution >= 4 is 55.6 Å². The Balaban J connectivity index is 1.80. The predicted octanol–water partition coefficient (Wildman–Crippen LogP) is 5.22. The smallest absolute Gasteiger partial charge is 0.345 e. The molecule has 4 nitrogen and oxygen atoms in total. The second-order valence-corrected chi connectivity index (χ2v) is 7.07. The average Bonchev–Trinajstić information content (AvgIpc) is 3.05. The quantitative estimate of drug-likeness (QED) is 0.493. The minimum absolute atomic E-state index is 0.282. The van der Waals surface area contributed by atoms with E-state index in [2.05, 4.69) is 5.32 Å². The monoisotopic (exact) mass is 369 g/mol. The molecule has 0 spiro atoms. The average molecular weight is 370 g/mol. The maximum Gasteiger partial charge on any atom is 0.345 e. The van der Waals surface area contributed by atoms with Gasteiger partial charge in [0, 0.05) is 16.1 Å². The maximum atomic E-state index is 12.6. The molecule has 0 aliphatic heterocycles. The molecule has 1 amide bonds. The first-order valence-corrected chi connectivity index (χ1v) is 8.76. The minimum Gasteiger partial charge on any atom is -0.422 e. The van der Waals surface area contributed by atoms with Crippen molar-refractivity contribution in [1.29, 1.82) is 0 Å². The standard InChI is InChI=1S/C19H12ClNO3S/c1-10-13(20)6-4-7-14(10)21-18(22)16-9-12-17(25-16)11-5-2-3-8-15(11)24-19(12)23/h2-9H,1H3,(H,21,22). The van der Waals surface area contributed by atoms with Crippen molar-refractivity contribution in [2.45, 2.75) is 6.92 Å². The van der Waals surface area contributed by atoms with E-state index >= 15 is 0 Å². The van der Waals surface area contributed by atoms with Crippen molar-refractivity contribution in [3.63, 3.8) is 0 Å². The second-order valence-electron chi connectivity index (χ2n) is 5.61. The normalized spacial score (nSPS) is 11.1. The van der Waals surface area contributed by atoms with E-state index in [1.807, 2.05) is 19.1 Å². The van der Waals surface area contributed by atoms with Gasteiger partial charge in [0.1, 0.15) is 5.58 Å². The molecular weight excluding hydrogens is 358 g/mol. The Hall–Kier alpha value is -2.63. The van der Waals surface area contributed by atoms with Crippen molar-refractivity contribution in [3.05, 3.63) is 74.4 Å². The maximum absolute atomic E-state index is 12.6. The molecule has 4 aromatic rings. The van der Waals surface area contributed by atoms with Crippen molar-refractivity contribution in [3.8, 4) is 0 Å². The fraction of sp³-hybridized carbons (Fsp3) is 0.0526. The number of benzene rings is 2. The van der Waals surface area contributed by atoms with Crippen LogP contribution in [-0.4, -0.2) is 5.91 Å². The highest BCUT2D eigenvalue weighted by atomic mass is 35.5. The summed E-state index contributed by atoms with van der Waals surface area (Å²) in [5.41, 5.74) is 1.51. The molecule has 0 fully saturated rings. The van der Waals surface area contributed by atoms with E-state index in [0.29, 0.717) is 26.6 Å². The van der Waals surface area contributed by atoms with Gasteiger partial charge in [0.05, 0.1) is 15.0 Å². The van der Waals surface area contributed by atoms with Gasteiger partial charge in [0.15, 0.2) is 0 Å². The number of hydrogen-bond acceptors (Lipinski definition) is 4. The van der Waals surface area contributed by atoms with E-state index in [-0.39, 0.29) is 5.91 Å². The molecule has 0 saturated heterocycles. The molecule has 124 valence electrons. The lowest BCUT2D eigenvalue weighted by Gasteiger charge is -2.08. The van der Waals surface area contributed by atoms with Gasteiger partial charge in [-0.25, -0.2) is 4.79 Å². The summed E-state index contributed by atoms with van der Waals surface area (Å²) in [6.07, 6.45) is 0. The minimum atomic E-state index is -0.442. The Labute approximate surface area is 151 Å². The van der Waals surface area contributed by atoms with Gasteiger partial charge in [-0.3, -0.25) is 4.79 Å². The molecule has 6 heteroatoms. The van der Waals surface area contributed by atoms with Crippen LogP contribution in [0, 0.1) is 6.92 Å². The van der Waals surface area contributed by atoms with E-state index in [9.17, 15) is 9.59 Å². The van der Waals surface area contributed by atoms with Crippen LogP contribution in [0.1, 0.15) is 15.2 Å². The fourth-order valence-electron chi connectivity index (χ4n) is 2.68. The zero-order valence-electron chi connectivity index (χ0n) is 13.1. The van der Waals surface area contributed by atoms with Crippen LogP contribution >= 0.6 is 22.9 Å². The summed E-state index contributed by atoms with van der Waals surface area (Å²) in [5, 5.41) is 4.67. The molecule has 0 radical (unpaired) electrons. The summed E-state index contributed by atoms with van der Waals surface area (Å²) >= 11 is 7.36. The number of carbonyl (C=O) groups is 1. The number of amides is 1. The SMILES string of the molecule is Cc1c(Cl)cccc1NC(=O)c1cc2c(=O)oc3ccccc3c2s1. The third kappa shape index (κ3) is 2.71. The Kier molecular flexibility index (Phi) is 3.82.